The largest absolute Gasteiger partial charge is 0.377 e. The Morgan fingerprint density at radius 2 is 1.80 bits per heavy atom. The van der Waals surface area contributed by atoms with Crippen molar-refractivity contribution in [3.8, 4) is 0 Å². The van der Waals surface area contributed by atoms with Crippen molar-refractivity contribution in [1.82, 2.24) is 20.3 Å². The molecule has 0 atom stereocenters. The van der Waals surface area contributed by atoms with E-state index in [9.17, 15) is 4.79 Å². The number of anilines is 2. The van der Waals surface area contributed by atoms with E-state index in [1.165, 1.54) is 0 Å². The van der Waals surface area contributed by atoms with Gasteiger partial charge >= 0.3 is 0 Å². The molecule has 8 nitrogen and oxygen atoms in total. The van der Waals surface area contributed by atoms with Crippen LogP contribution in [0, 0.1) is 12.8 Å². The van der Waals surface area contributed by atoms with Crippen molar-refractivity contribution in [3.63, 3.8) is 0 Å². The molecular weight excluding hydrogens is 464 g/mol. The van der Waals surface area contributed by atoms with Crippen LogP contribution in [-0.4, -0.2) is 52.7 Å². The molecule has 5 rings (SSSR count). The molecule has 35 heavy (non-hydrogen) atoms. The summed E-state index contributed by atoms with van der Waals surface area (Å²) in [5.74, 6) is 2.04. The highest BCUT2D eigenvalue weighted by molar-refractivity contribution is 6.35. The Bertz CT molecular complexity index is 1180. The summed E-state index contributed by atoms with van der Waals surface area (Å²) >= 11 is 6.47. The average Bonchev–Trinajstić information content (AvgIpc) is 2.84. The number of benzene rings is 1. The molecule has 1 saturated heterocycles. The third kappa shape index (κ3) is 6.00. The zero-order chi connectivity index (χ0) is 24.2. The smallest absolute Gasteiger partial charge is 0.224 e. The highest BCUT2D eigenvalue weighted by Crippen LogP contribution is 2.29. The van der Waals surface area contributed by atoms with Crippen LogP contribution in [0.2, 0.25) is 5.02 Å². The van der Waals surface area contributed by atoms with Crippen molar-refractivity contribution in [2.45, 2.75) is 51.1 Å². The van der Waals surface area contributed by atoms with E-state index in [1.54, 1.807) is 12.4 Å². The predicted octanol–water partition coefficient (Wildman–Crippen LogP) is 4.13. The van der Waals surface area contributed by atoms with E-state index in [0.717, 1.165) is 65.1 Å². The number of aromatic nitrogens is 3. The van der Waals surface area contributed by atoms with Gasteiger partial charge in [0.1, 0.15) is 5.82 Å². The van der Waals surface area contributed by atoms with E-state index in [-0.39, 0.29) is 18.4 Å². The van der Waals surface area contributed by atoms with E-state index >= 15 is 0 Å². The Kier molecular flexibility index (Phi) is 7.29. The highest BCUT2D eigenvalue weighted by Gasteiger charge is 2.22. The van der Waals surface area contributed by atoms with Gasteiger partial charge in [-0.3, -0.25) is 4.79 Å². The summed E-state index contributed by atoms with van der Waals surface area (Å²) in [4.78, 5) is 25.5. The first-order valence-corrected chi connectivity index (χ1v) is 12.7. The first-order valence-electron chi connectivity index (χ1n) is 12.3. The number of pyridine rings is 1. The number of hydrogen-bond acceptors (Lipinski definition) is 7. The van der Waals surface area contributed by atoms with Gasteiger partial charge in [0.05, 0.1) is 36.2 Å². The maximum Gasteiger partial charge on any atom is 0.224 e. The van der Waals surface area contributed by atoms with Crippen LogP contribution in [-0.2, 0) is 16.0 Å². The van der Waals surface area contributed by atoms with Gasteiger partial charge in [-0.1, -0.05) is 23.7 Å². The van der Waals surface area contributed by atoms with E-state index in [4.69, 9.17) is 21.3 Å². The fourth-order valence-corrected chi connectivity index (χ4v) is 4.83. The maximum atomic E-state index is 12.0. The minimum Gasteiger partial charge on any atom is -0.377 e. The van der Waals surface area contributed by atoms with Crippen LogP contribution in [0.1, 0.15) is 36.8 Å². The molecule has 1 amide bonds. The third-order valence-corrected chi connectivity index (χ3v) is 7.29. The lowest BCUT2D eigenvalue weighted by atomic mass is 9.86. The Hall–Kier alpha value is -2.97. The molecule has 184 valence electrons. The van der Waals surface area contributed by atoms with Gasteiger partial charge in [0.25, 0.3) is 0 Å². The molecule has 2 aliphatic rings. The summed E-state index contributed by atoms with van der Waals surface area (Å²) < 4.78 is 5.07. The summed E-state index contributed by atoms with van der Waals surface area (Å²) in [6, 6.07) is 8.75. The number of aryl methyl sites for hydroxylation is 1. The number of fused-ring (bicyclic) bond motifs is 1. The van der Waals surface area contributed by atoms with Crippen LogP contribution in [0.4, 0.5) is 11.8 Å². The third-order valence-electron chi connectivity index (χ3n) is 6.81. The fourth-order valence-electron chi connectivity index (χ4n) is 4.61. The lowest BCUT2D eigenvalue weighted by Gasteiger charge is -2.29. The Balaban J connectivity index is 1.06. The molecule has 2 fully saturated rings. The number of carbonyl (C=O) groups excluding carboxylic acids is 1. The molecule has 2 aromatic heterocycles. The van der Waals surface area contributed by atoms with Crippen molar-refractivity contribution in [2.75, 3.05) is 30.4 Å². The van der Waals surface area contributed by atoms with Crippen molar-refractivity contribution in [3.05, 3.63) is 52.8 Å². The number of hydrogen-bond donors (Lipinski definition) is 3. The first-order chi connectivity index (χ1) is 17.0. The topological polar surface area (TPSA) is 101 Å². The summed E-state index contributed by atoms with van der Waals surface area (Å²) in [5, 5.41) is 11.7. The molecule has 0 bridgehead atoms. The van der Waals surface area contributed by atoms with Gasteiger partial charge in [0.15, 0.2) is 0 Å². The second kappa shape index (κ2) is 10.7. The molecule has 1 aliphatic heterocycles. The Morgan fingerprint density at radius 3 is 2.51 bits per heavy atom. The Labute approximate surface area is 210 Å². The normalized spacial score (nSPS) is 20.3. The second-order valence-electron chi connectivity index (χ2n) is 9.60. The minimum atomic E-state index is -0.0231. The van der Waals surface area contributed by atoms with Crippen molar-refractivity contribution < 1.29 is 9.53 Å². The number of carbonyl (C=O) groups is 1. The number of rotatable bonds is 8. The summed E-state index contributed by atoms with van der Waals surface area (Å²) in [7, 11) is 0. The van der Waals surface area contributed by atoms with Crippen molar-refractivity contribution in [1.29, 1.82) is 0 Å². The quantitative estimate of drug-likeness (QED) is 0.433. The number of nitrogens with one attached hydrogen (secondary N) is 3. The number of halogens is 1. The van der Waals surface area contributed by atoms with Gasteiger partial charge in [-0.25, -0.2) is 15.0 Å². The summed E-state index contributed by atoms with van der Waals surface area (Å²) in [5.41, 5.74) is 2.70. The number of amides is 1. The fraction of sp³-hybridized carbons (Fsp3) is 0.462. The van der Waals surface area contributed by atoms with Crippen LogP contribution < -0.4 is 16.0 Å². The van der Waals surface area contributed by atoms with Gasteiger partial charge in [0, 0.05) is 30.4 Å². The van der Waals surface area contributed by atoms with E-state index in [2.05, 4.69) is 38.1 Å². The van der Waals surface area contributed by atoms with Crippen LogP contribution in [0.25, 0.3) is 10.9 Å². The van der Waals surface area contributed by atoms with E-state index in [1.807, 2.05) is 19.1 Å². The van der Waals surface area contributed by atoms with Crippen molar-refractivity contribution in [2.24, 2.45) is 5.92 Å². The molecule has 9 heteroatoms. The van der Waals surface area contributed by atoms with E-state index in [0.29, 0.717) is 31.1 Å². The molecule has 3 N–H and O–H groups in total. The van der Waals surface area contributed by atoms with Crippen LogP contribution in [0.15, 0.2) is 36.7 Å². The van der Waals surface area contributed by atoms with Gasteiger partial charge in [-0.15, -0.1) is 0 Å². The van der Waals surface area contributed by atoms with Crippen LogP contribution >= 0.6 is 11.6 Å². The Morgan fingerprint density at radius 1 is 1.06 bits per heavy atom. The molecule has 0 radical (unpaired) electrons. The van der Waals surface area contributed by atoms with Gasteiger partial charge < -0.3 is 20.7 Å². The van der Waals surface area contributed by atoms with E-state index < -0.39 is 0 Å². The molecular formula is C26H31ClN6O2. The minimum absolute atomic E-state index is 0.0231. The van der Waals surface area contributed by atoms with Crippen LogP contribution in [0.3, 0.4) is 0 Å². The lowest BCUT2D eigenvalue weighted by Crippen LogP contribution is -2.49. The molecule has 1 saturated carbocycles. The SMILES string of the molecule is Cc1ccc2ccc(NC3CCC(CNc4ncc(CC(=O)NC5COC5)cn4)CC3)nc2c1Cl. The summed E-state index contributed by atoms with van der Waals surface area (Å²) in [6.07, 6.45) is 8.16. The van der Waals surface area contributed by atoms with Crippen molar-refractivity contribution >= 4 is 40.2 Å². The zero-order valence-corrected chi connectivity index (χ0v) is 20.6. The maximum absolute atomic E-state index is 12.0. The number of ether oxygens (including phenoxy) is 1. The highest BCUT2D eigenvalue weighted by atomic mass is 35.5. The molecule has 3 aromatic rings. The predicted molar refractivity (Wildman–Crippen MR) is 138 cm³/mol. The molecule has 1 aromatic carbocycles. The molecule has 1 aliphatic carbocycles. The van der Waals surface area contributed by atoms with Gasteiger partial charge in [0.2, 0.25) is 11.9 Å². The monoisotopic (exact) mass is 494 g/mol. The lowest BCUT2D eigenvalue weighted by molar-refractivity contribution is -0.124. The summed E-state index contributed by atoms with van der Waals surface area (Å²) in [6.45, 7) is 4.04. The van der Waals surface area contributed by atoms with Crippen LogP contribution in [0.5, 0.6) is 0 Å². The molecule has 0 spiro atoms. The first kappa shape index (κ1) is 23.8. The van der Waals surface area contributed by atoms with Gasteiger partial charge in [-0.05, 0) is 61.8 Å². The van der Waals surface area contributed by atoms with Gasteiger partial charge in [-0.2, -0.15) is 0 Å². The molecule has 0 unspecified atom stereocenters. The molecule has 3 heterocycles. The standard InChI is InChI=1S/C26H31ClN6O2/c1-16-2-5-19-6-9-22(33-25(19)24(16)27)31-20-7-3-17(4-8-20)11-28-26-29-12-18(13-30-26)10-23(34)32-21-14-35-15-21/h2,5-6,9,12-13,17,20-21H,3-4,7-8,10-11,14-15H2,1H3,(H,31,33)(H,32,34)(H,28,29,30). The average molecular weight is 495 g/mol. The zero-order valence-electron chi connectivity index (χ0n) is 19.9. The second-order valence-corrected chi connectivity index (χ2v) is 9.98. The number of nitrogens with zero attached hydrogens (tertiary/aromatic N) is 3.